The van der Waals surface area contributed by atoms with E-state index in [1.54, 1.807) is 0 Å². The van der Waals surface area contributed by atoms with Gasteiger partial charge in [0, 0.05) is 0 Å². The monoisotopic (exact) mass is 312 g/mol. The molecule has 2 heteroatoms. The van der Waals surface area contributed by atoms with Gasteiger partial charge >= 0.3 is 0 Å². The molecule has 124 valence electrons. The fraction of sp³-hybridized carbons (Fsp3) is 0.429. The van der Waals surface area contributed by atoms with Crippen molar-refractivity contribution in [1.29, 1.82) is 0 Å². The molecule has 0 saturated carbocycles. The lowest BCUT2D eigenvalue weighted by Gasteiger charge is -2.18. The summed E-state index contributed by atoms with van der Waals surface area (Å²) in [5.74, 6) is 1.81. The topological polar surface area (TPSA) is 18.5 Å². The second kappa shape index (κ2) is 7.54. The highest BCUT2D eigenvalue weighted by Gasteiger charge is 2.11. The lowest BCUT2D eigenvalue weighted by atomic mass is 9.88. The molecule has 0 saturated heterocycles. The van der Waals surface area contributed by atoms with Gasteiger partial charge in [0.05, 0.1) is 6.10 Å². The van der Waals surface area contributed by atoms with Crippen LogP contribution in [0.3, 0.4) is 0 Å². The molecule has 0 aromatic heterocycles. The summed E-state index contributed by atoms with van der Waals surface area (Å²) in [5, 5.41) is 0. The van der Waals surface area contributed by atoms with Crippen LogP contribution in [0.4, 0.5) is 0 Å². The van der Waals surface area contributed by atoms with Crippen LogP contribution in [0.5, 0.6) is 11.5 Å². The van der Waals surface area contributed by atoms with E-state index in [9.17, 15) is 0 Å². The Kier molecular flexibility index (Phi) is 5.70. The molecule has 2 nitrogen and oxygen atoms in total. The summed E-state index contributed by atoms with van der Waals surface area (Å²) >= 11 is 0. The van der Waals surface area contributed by atoms with E-state index in [-0.39, 0.29) is 6.10 Å². The van der Waals surface area contributed by atoms with E-state index in [0.29, 0.717) is 12.0 Å². The molecule has 0 fully saturated rings. The normalized spacial score (nSPS) is 11.6. The number of hydrogen-bond donors (Lipinski definition) is 0. The smallest absolute Gasteiger partial charge is 0.119 e. The maximum atomic E-state index is 5.86. The molecular formula is C21H28O2. The van der Waals surface area contributed by atoms with Crippen molar-refractivity contribution in [2.45, 2.75) is 53.8 Å². The van der Waals surface area contributed by atoms with E-state index in [2.05, 4.69) is 45.0 Å². The second-order valence-electron chi connectivity index (χ2n) is 7.48. The van der Waals surface area contributed by atoms with Crippen LogP contribution in [0.1, 0.15) is 45.7 Å². The second-order valence-corrected chi connectivity index (χ2v) is 7.48. The van der Waals surface area contributed by atoms with Gasteiger partial charge in [0.15, 0.2) is 0 Å². The Morgan fingerprint density at radius 3 is 1.83 bits per heavy atom. The van der Waals surface area contributed by atoms with Gasteiger partial charge in [-0.15, -0.1) is 0 Å². The van der Waals surface area contributed by atoms with Crippen LogP contribution in [0.25, 0.3) is 0 Å². The van der Waals surface area contributed by atoms with E-state index in [0.717, 1.165) is 23.5 Å². The summed E-state index contributed by atoms with van der Waals surface area (Å²) in [4.78, 5) is 0. The predicted molar refractivity (Wildman–Crippen MR) is 96.1 cm³/mol. The molecule has 0 aliphatic carbocycles. The summed E-state index contributed by atoms with van der Waals surface area (Å²) in [6, 6.07) is 16.5. The van der Waals surface area contributed by atoms with Crippen molar-refractivity contribution < 1.29 is 9.47 Å². The summed E-state index contributed by atoms with van der Waals surface area (Å²) in [5.41, 5.74) is 2.79. The average molecular weight is 312 g/mol. The Morgan fingerprint density at radius 1 is 0.783 bits per heavy atom. The van der Waals surface area contributed by atoms with Crippen molar-refractivity contribution in [2.75, 3.05) is 0 Å². The maximum Gasteiger partial charge on any atom is 0.119 e. The molecule has 0 aliphatic rings. The molecule has 0 unspecified atom stereocenters. The van der Waals surface area contributed by atoms with Crippen molar-refractivity contribution in [3.8, 4) is 11.5 Å². The lowest BCUT2D eigenvalue weighted by molar-refractivity contribution is 0.242. The van der Waals surface area contributed by atoms with Crippen molar-refractivity contribution in [1.82, 2.24) is 0 Å². The lowest BCUT2D eigenvalue weighted by Crippen LogP contribution is -2.08. The van der Waals surface area contributed by atoms with Crippen LogP contribution in [0.2, 0.25) is 0 Å². The van der Waals surface area contributed by atoms with Crippen molar-refractivity contribution in [3.05, 3.63) is 59.7 Å². The molecular weight excluding hydrogens is 284 g/mol. The summed E-state index contributed by atoms with van der Waals surface area (Å²) in [7, 11) is 0. The van der Waals surface area contributed by atoms with Crippen molar-refractivity contribution in [3.63, 3.8) is 0 Å². The number of benzene rings is 2. The Hall–Kier alpha value is -1.96. The van der Waals surface area contributed by atoms with Crippen molar-refractivity contribution >= 4 is 0 Å². The van der Waals surface area contributed by atoms with E-state index in [1.165, 1.54) is 5.56 Å². The zero-order valence-corrected chi connectivity index (χ0v) is 14.9. The number of ether oxygens (including phenoxy) is 2. The van der Waals surface area contributed by atoms with Crippen LogP contribution in [-0.2, 0) is 13.0 Å². The van der Waals surface area contributed by atoms with Gasteiger partial charge in [0.25, 0.3) is 0 Å². The highest BCUT2D eigenvalue weighted by atomic mass is 16.5. The van der Waals surface area contributed by atoms with Crippen LogP contribution in [0, 0.1) is 5.41 Å². The van der Waals surface area contributed by atoms with E-state index in [1.807, 2.05) is 38.1 Å². The van der Waals surface area contributed by atoms with E-state index < -0.39 is 0 Å². The average Bonchev–Trinajstić information content (AvgIpc) is 2.46. The quantitative estimate of drug-likeness (QED) is 0.687. The number of rotatable bonds is 6. The van der Waals surface area contributed by atoms with Crippen LogP contribution in [-0.4, -0.2) is 6.10 Å². The molecule has 0 radical (unpaired) electrons. The molecule has 0 spiro atoms. The van der Waals surface area contributed by atoms with Gasteiger partial charge in [-0.05, 0) is 61.1 Å². The maximum absolute atomic E-state index is 5.86. The summed E-state index contributed by atoms with van der Waals surface area (Å²) in [6.07, 6.45) is 1.27. The van der Waals surface area contributed by atoms with Gasteiger partial charge in [-0.25, -0.2) is 0 Å². The third kappa shape index (κ3) is 6.35. The zero-order chi connectivity index (χ0) is 16.9. The molecule has 0 bridgehead atoms. The minimum atomic E-state index is 0.198. The van der Waals surface area contributed by atoms with Gasteiger partial charge < -0.3 is 9.47 Å². The fourth-order valence-electron chi connectivity index (χ4n) is 2.42. The highest BCUT2D eigenvalue weighted by molar-refractivity contribution is 5.30. The van der Waals surface area contributed by atoms with Gasteiger partial charge in [-0.3, -0.25) is 0 Å². The van der Waals surface area contributed by atoms with Gasteiger partial charge in [0.1, 0.15) is 18.1 Å². The standard InChI is InChI=1S/C21H28O2/c1-16(2)23-20-12-8-18(9-13-20)15-22-19-10-6-17(7-11-19)14-21(3,4)5/h6-13,16H,14-15H2,1-5H3. The molecule has 23 heavy (non-hydrogen) atoms. The third-order valence-corrected chi connectivity index (χ3v) is 3.36. The Labute approximate surface area is 140 Å². The Balaban J connectivity index is 1.88. The highest BCUT2D eigenvalue weighted by Crippen LogP contribution is 2.23. The molecule has 2 aromatic carbocycles. The molecule has 0 atom stereocenters. The molecule has 0 aliphatic heterocycles. The minimum Gasteiger partial charge on any atom is -0.491 e. The van der Waals surface area contributed by atoms with Gasteiger partial charge in [0.2, 0.25) is 0 Å². The predicted octanol–water partition coefficient (Wildman–Crippen LogP) is 5.64. The molecule has 0 heterocycles. The zero-order valence-electron chi connectivity index (χ0n) is 14.9. The summed E-state index contributed by atoms with van der Waals surface area (Å²) < 4.78 is 11.5. The minimum absolute atomic E-state index is 0.198. The summed E-state index contributed by atoms with van der Waals surface area (Å²) in [6.45, 7) is 11.4. The fourth-order valence-corrected chi connectivity index (χ4v) is 2.42. The first-order chi connectivity index (χ1) is 10.8. The SMILES string of the molecule is CC(C)Oc1ccc(COc2ccc(CC(C)(C)C)cc2)cc1. The molecule has 2 rings (SSSR count). The first-order valence-electron chi connectivity index (χ1n) is 8.29. The van der Waals surface area contributed by atoms with Gasteiger partial charge in [-0.2, -0.15) is 0 Å². The molecule has 0 amide bonds. The Morgan fingerprint density at radius 2 is 1.30 bits per heavy atom. The molecule has 0 N–H and O–H groups in total. The van der Waals surface area contributed by atoms with Crippen LogP contribution in [0.15, 0.2) is 48.5 Å². The largest absolute Gasteiger partial charge is 0.491 e. The van der Waals surface area contributed by atoms with E-state index in [4.69, 9.17) is 9.47 Å². The van der Waals surface area contributed by atoms with Crippen molar-refractivity contribution in [2.24, 2.45) is 5.41 Å². The van der Waals surface area contributed by atoms with Gasteiger partial charge in [-0.1, -0.05) is 45.0 Å². The van der Waals surface area contributed by atoms with Crippen LogP contribution < -0.4 is 9.47 Å². The number of hydrogen-bond acceptors (Lipinski definition) is 2. The molecule has 2 aromatic rings. The third-order valence-electron chi connectivity index (χ3n) is 3.36. The Bertz CT molecular complexity index is 589. The van der Waals surface area contributed by atoms with Crippen LogP contribution >= 0.6 is 0 Å². The first kappa shape index (κ1) is 17.4. The van der Waals surface area contributed by atoms with E-state index >= 15 is 0 Å². The first-order valence-corrected chi connectivity index (χ1v) is 8.29.